The summed E-state index contributed by atoms with van der Waals surface area (Å²) in [4.78, 5) is 25.7. The van der Waals surface area contributed by atoms with Gasteiger partial charge >= 0.3 is 5.97 Å². The number of hydrogen-bond donors (Lipinski definition) is 1. The maximum Gasteiger partial charge on any atom is 0.340 e. The Hall–Kier alpha value is -4.20. The van der Waals surface area contributed by atoms with Gasteiger partial charge in [0.15, 0.2) is 5.65 Å². The highest BCUT2D eigenvalue weighted by atomic mass is 16.5. The summed E-state index contributed by atoms with van der Waals surface area (Å²) in [5.74, 6) is -0.433. The SMILES string of the molecule is COc1ccc(NC(=O)C(OC(=O)c2ccc3nncn3c2)c2ccccc2)cc1. The maximum absolute atomic E-state index is 13.0. The van der Waals surface area contributed by atoms with Gasteiger partial charge in [-0.1, -0.05) is 30.3 Å². The van der Waals surface area contributed by atoms with E-state index in [1.165, 1.54) is 6.33 Å². The standard InChI is InChI=1S/C22H18N4O4/c1-29-18-10-8-17(9-11-18)24-21(27)20(15-5-3-2-4-6-15)30-22(28)16-7-12-19-25-23-14-26(19)13-16/h2-14,20H,1H3,(H,24,27). The molecule has 0 fully saturated rings. The van der Waals surface area contributed by atoms with Crippen molar-refractivity contribution in [3.05, 3.63) is 90.4 Å². The molecule has 1 unspecified atom stereocenters. The van der Waals surface area contributed by atoms with Crippen LogP contribution in [0.5, 0.6) is 5.75 Å². The molecule has 4 rings (SSSR count). The summed E-state index contributed by atoms with van der Waals surface area (Å²) in [6.45, 7) is 0. The summed E-state index contributed by atoms with van der Waals surface area (Å²) in [7, 11) is 1.57. The van der Waals surface area contributed by atoms with E-state index in [9.17, 15) is 9.59 Å². The highest BCUT2D eigenvalue weighted by Crippen LogP contribution is 2.23. The van der Waals surface area contributed by atoms with Crippen LogP contribution in [0.1, 0.15) is 22.0 Å². The van der Waals surface area contributed by atoms with Crippen LogP contribution in [0.2, 0.25) is 0 Å². The lowest BCUT2D eigenvalue weighted by Crippen LogP contribution is -2.26. The largest absolute Gasteiger partial charge is 0.497 e. The van der Waals surface area contributed by atoms with Gasteiger partial charge in [-0.2, -0.15) is 0 Å². The van der Waals surface area contributed by atoms with Crippen LogP contribution in [0.25, 0.3) is 5.65 Å². The molecule has 2 aromatic heterocycles. The molecular formula is C22H18N4O4. The number of anilines is 1. The molecule has 0 saturated heterocycles. The number of pyridine rings is 1. The van der Waals surface area contributed by atoms with Gasteiger partial charge < -0.3 is 14.8 Å². The highest BCUT2D eigenvalue weighted by Gasteiger charge is 2.26. The molecule has 0 spiro atoms. The van der Waals surface area contributed by atoms with Gasteiger partial charge in [0.05, 0.1) is 12.7 Å². The van der Waals surface area contributed by atoms with Gasteiger partial charge in [0, 0.05) is 17.4 Å². The smallest absolute Gasteiger partial charge is 0.340 e. The summed E-state index contributed by atoms with van der Waals surface area (Å²) in [5.41, 5.74) is 2.00. The van der Waals surface area contributed by atoms with Crippen molar-refractivity contribution in [1.82, 2.24) is 14.6 Å². The Balaban J connectivity index is 1.57. The molecular weight excluding hydrogens is 384 g/mol. The first-order chi connectivity index (χ1) is 14.6. The quantitative estimate of drug-likeness (QED) is 0.498. The average molecular weight is 402 g/mol. The van der Waals surface area contributed by atoms with Crippen molar-refractivity contribution in [1.29, 1.82) is 0 Å². The lowest BCUT2D eigenvalue weighted by molar-refractivity contribution is -0.125. The molecule has 1 atom stereocenters. The van der Waals surface area contributed by atoms with Crippen molar-refractivity contribution in [3.63, 3.8) is 0 Å². The number of esters is 1. The van der Waals surface area contributed by atoms with E-state index in [1.54, 1.807) is 78.4 Å². The molecule has 0 aliphatic carbocycles. The van der Waals surface area contributed by atoms with Crippen LogP contribution < -0.4 is 10.1 Å². The van der Waals surface area contributed by atoms with E-state index in [-0.39, 0.29) is 5.56 Å². The van der Waals surface area contributed by atoms with Gasteiger partial charge in [0.1, 0.15) is 12.1 Å². The van der Waals surface area contributed by atoms with E-state index in [1.807, 2.05) is 6.07 Å². The van der Waals surface area contributed by atoms with Crippen molar-refractivity contribution in [2.75, 3.05) is 12.4 Å². The van der Waals surface area contributed by atoms with Gasteiger partial charge in [-0.15, -0.1) is 10.2 Å². The zero-order chi connectivity index (χ0) is 20.9. The minimum absolute atomic E-state index is 0.278. The first kappa shape index (κ1) is 19.1. The fourth-order valence-electron chi connectivity index (χ4n) is 2.91. The van der Waals surface area contributed by atoms with E-state index in [2.05, 4.69) is 15.5 Å². The zero-order valence-corrected chi connectivity index (χ0v) is 16.1. The normalized spacial score (nSPS) is 11.6. The van der Waals surface area contributed by atoms with Gasteiger partial charge in [-0.05, 0) is 36.4 Å². The van der Waals surface area contributed by atoms with Gasteiger partial charge in [-0.3, -0.25) is 9.20 Å². The summed E-state index contributed by atoms with van der Waals surface area (Å²) in [5, 5.41) is 10.5. The third kappa shape index (κ3) is 4.12. The summed E-state index contributed by atoms with van der Waals surface area (Å²) < 4.78 is 12.3. The number of nitrogens with one attached hydrogen (secondary N) is 1. The number of methoxy groups -OCH3 is 1. The minimum Gasteiger partial charge on any atom is -0.497 e. The Kier molecular flexibility index (Phi) is 5.38. The summed E-state index contributed by atoms with van der Waals surface area (Å²) in [6, 6.07) is 18.9. The molecule has 0 saturated carbocycles. The fraction of sp³-hybridized carbons (Fsp3) is 0.0909. The molecule has 0 radical (unpaired) electrons. The molecule has 2 heterocycles. The second kappa shape index (κ2) is 8.44. The number of nitrogens with zero attached hydrogens (tertiary/aromatic N) is 3. The molecule has 0 aliphatic heterocycles. The van der Waals surface area contributed by atoms with Crippen LogP contribution in [-0.2, 0) is 9.53 Å². The lowest BCUT2D eigenvalue weighted by Gasteiger charge is -2.18. The Morgan fingerprint density at radius 3 is 2.50 bits per heavy atom. The molecule has 0 aliphatic rings. The van der Waals surface area contributed by atoms with E-state index >= 15 is 0 Å². The Morgan fingerprint density at radius 1 is 1.00 bits per heavy atom. The topological polar surface area (TPSA) is 94.8 Å². The monoisotopic (exact) mass is 402 g/mol. The molecule has 8 nitrogen and oxygen atoms in total. The van der Waals surface area contributed by atoms with E-state index < -0.39 is 18.0 Å². The summed E-state index contributed by atoms with van der Waals surface area (Å²) in [6.07, 6.45) is 1.91. The first-order valence-electron chi connectivity index (χ1n) is 9.14. The molecule has 1 amide bonds. The van der Waals surface area contributed by atoms with Crippen molar-refractivity contribution in [2.24, 2.45) is 0 Å². The van der Waals surface area contributed by atoms with E-state index in [0.717, 1.165) is 0 Å². The number of ether oxygens (including phenoxy) is 2. The Morgan fingerprint density at radius 2 is 1.77 bits per heavy atom. The molecule has 2 aromatic carbocycles. The number of benzene rings is 2. The van der Waals surface area contributed by atoms with Crippen LogP contribution in [0.15, 0.2) is 79.3 Å². The van der Waals surface area contributed by atoms with Crippen molar-refractivity contribution in [2.45, 2.75) is 6.10 Å². The number of carbonyl (C=O) groups is 2. The molecule has 4 aromatic rings. The predicted molar refractivity (Wildman–Crippen MR) is 109 cm³/mol. The number of carbonyl (C=O) groups excluding carboxylic acids is 2. The average Bonchev–Trinajstić information content (AvgIpc) is 3.26. The molecule has 1 N–H and O–H groups in total. The van der Waals surface area contributed by atoms with Crippen molar-refractivity contribution >= 4 is 23.2 Å². The van der Waals surface area contributed by atoms with Crippen LogP contribution in [0.4, 0.5) is 5.69 Å². The second-order valence-corrected chi connectivity index (χ2v) is 6.43. The Labute approximate surface area is 172 Å². The fourth-order valence-corrected chi connectivity index (χ4v) is 2.91. The first-order valence-corrected chi connectivity index (χ1v) is 9.14. The number of hydrogen-bond acceptors (Lipinski definition) is 6. The van der Waals surface area contributed by atoms with E-state index in [4.69, 9.17) is 9.47 Å². The van der Waals surface area contributed by atoms with Crippen molar-refractivity contribution < 1.29 is 19.1 Å². The maximum atomic E-state index is 13.0. The third-order valence-corrected chi connectivity index (χ3v) is 4.45. The van der Waals surface area contributed by atoms with Crippen LogP contribution in [-0.4, -0.2) is 33.6 Å². The van der Waals surface area contributed by atoms with Gasteiger partial charge in [-0.25, -0.2) is 4.79 Å². The Bertz CT molecular complexity index is 1170. The lowest BCUT2D eigenvalue weighted by atomic mass is 10.1. The van der Waals surface area contributed by atoms with Crippen LogP contribution in [0, 0.1) is 0 Å². The summed E-state index contributed by atoms with van der Waals surface area (Å²) >= 11 is 0. The molecule has 30 heavy (non-hydrogen) atoms. The molecule has 150 valence electrons. The number of fused-ring (bicyclic) bond motifs is 1. The highest BCUT2D eigenvalue weighted by molar-refractivity contribution is 5.98. The number of rotatable bonds is 6. The zero-order valence-electron chi connectivity index (χ0n) is 16.1. The minimum atomic E-state index is -1.13. The third-order valence-electron chi connectivity index (χ3n) is 4.45. The predicted octanol–water partition coefficient (Wildman–Crippen LogP) is 3.27. The van der Waals surface area contributed by atoms with Gasteiger partial charge in [0.2, 0.25) is 6.10 Å². The van der Waals surface area contributed by atoms with E-state index in [0.29, 0.717) is 22.6 Å². The molecule has 0 bridgehead atoms. The van der Waals surface area contributed by atoms with Crippen molar-refractivity contribution in [3.8, 4) is 5.75 Å². The van der Waals surface area contributed by atoms with Crippen LogP contribution in [0.3, 0.4) is 0 Å². The van der Waals surface area contributed by atoms with Gasteiger partial charge in [0.25, 0.3) is 5.91 Å². The number of aromatic nitrogens is 3. The second-order valence-electron chi connectivity index (χ2n) is 6.43. The number of amides is 1. The van der Waals surface area contributed by atoms with Crippen LogP contribution >= 0.6 is 0 Å². The molecule has 8 heteroatoms.